The molecule has 1 fully saturated rings. The Balaban J connectivity index is 1.38. The number of amides is 3. The zero-order chi connectivity index (χ0) is 21.1. The Kier molecular flexibility index (Phi) is 5.59. The van der Waals surface area contributed by atoms with Gasteiger partial charge in [-0.25, -0.2) is 4.98 Å². The van der Waals surface area contributed by atoms with E-state index < -0.39 is 5.66 Å². The number of anilines is 1. The Labute approximate surface area is 179 Å². The molecule has 3 N–H and O–H groups in total. The third-order valence-corrected chi connectivity index (χ3v) is 5.83. The summed E-state index contributed by atoms with van der Waals surface area (Å²) in [6.07, 6.45) is 2.73. The number of hydrogen-bond donors (Lipinski definition) is 3. The summed E-state index contributed by atoms with van der Waals surface area (Å²) >= 11 is 6.11. The molecule has 1 aromatic carbocycles. The first kappa shape index (κ1) is 20.2. The summed E-state index contributed by atoms with van der Waals surface area (Å²) in [6, 6.07) is 10.7. The Hall–Kier alpha value is -3.13. The molecule has 2 aromatic rings. The van der Waals surface area contributed by atoms with Crippen LogP contribution in [0.1, 0.15) is 35.2 Å². The van der Waals surface area contributed by atoms with Gasteiger partial charge in [-0.2, -0.15) is 0 Å². The highest BCUT2D eigenvalue weighted by atomic mass is 35.5. The number of benzene rings is 1. The highest BCUT2D eigenvalue weighted by Crippen LogP contribution is 2.30. The SMILES string of the molecule is O=C(CN1CCC2(CCC1=O)NC(=O)c1cccnc1N2)NCc1ccccc1Cl. The van der Waals surface area contributed by atoms with Gasteiger partial charge in [0.15, 0.2) is 0 Å². The highest BCUT2D eigenvalue weighted by molar-refractivity contribution is 6.31. The number of carbonyl (C=O) groups excluding carboxylic acids is 3. The van der Waals surface area contributed by atoms with Gasteiger partial charge >= 0.3 is 0 Å². The van der Waals surface area contributed by atoms with Crippen LogP contribution in [0.4, 0.5) is 5.82 Å². The maximum Gasteiger partial charge on any atom is 0.256 e. The lowest BCUT2D eigenvalue weighted by atomic mass is 9.97. The van der Waals surface area contributed by atoms with Gasteiger partial charge in [-0.1, -0.05) is 29.8 Å². The molecule has 0 bridgehead atoms. The summed E-state index contributed by atoms with van der Waals surface area (Å²) in [5.74, 6) is -0.0793. The number of nitrogens with one attached hydrogen (secondary N) is 3. The molecule has 9 heteroatoms. The Morgan fingerprint density at radius 2 is 2.00 bits per heavy atom. The molecule has 2 aliphatic rings. The Morgan fingerprint density at radius 1 is 1.17 bits per heavy atom. The van der Waals surface area contributed by atoms with Crippen LogP contribution < -0.4 is 16.0 Å². The average Bonchev–Trinajstić information content (AvgIpc) is 2.87. The molecule has 0 radical (unpaired) electrons. The second kappa shape index (κ2) is 8.31. The quantitative estimate of drug-likeness (QED) is 0.691. The summed E-state index contributed by atoms with van der Waals surface area (Å²) in [5, 5.41) is 9.67. The monoisotopic (exact) mass is 427 g/mol. The largest absolute Gasteiger partial charge is 0.350 e. The van der Waals surface area contributed by atoms with Gasteiger partial charge in [0.25, 0.3) is 5.91 Å². The number of nitrogens with zero attached hydrogens (tertiary/aromatic N) is 2. The molecule has 4 rings (SSSR count). The van der Waals surface area contributed by atoms with Gasteiger partial charge in [0.05, 0.1) is 12.1 Å². The van der Waals surface area contributed by atoms with Gasteiger partial charge in [-0.05, 0) is 30.2 Å². The average molecular weight is 428 g/mol. The summed E-state index contributed by atoms with van der Waals surface area (Å²) in [5.41, 5.74) is 0.542. The van der Waals surface area contributed by atoms with E-state index in [1.807, 2.05) is 18.2 Å². The van der Waals surface area contributed by atoms with E-state index in [1.165, 1.54) is 4.90 Å². The predicted molar refractivity (Wildman–Crippen MR) is 112 cm³/mol. The lowest BCUT2D eigenvalue weighted by Gasteiger charge is -2.39. The summed E-state index contributed by atoms with van der Waals surface area (Å²) in [7, 11) is 0. The van der Waals surface area contributed by atoms with Crippen molar-refractivity contribution in [3.05, 3.63) is 58.7 Å². The van der Waals surface area contributed by atoms with Gasteiger partial charge in [0.2, 0.25) is 11.8 Å². The van der Waals surface area contributed by atoms with Crippen LogP contribution in [0.15, 0.2) is 42.6 Å². The molecule has 1 saturated heterocycles. The number of halogens is 1. The number of aromatic nitrogens is 1. The minimum absolute atomic E-state index is 0.0395. The topological polar surface area (TPSA) is 103 Å². The maximum atomic E-state index is 12.6. The van der Waals surface area contributed by atoms with E-state index in [0.29, 0.717) is 42.3 Å². The van der Waals surface area contributed by atoms with Crippen LogP contribution in [0.2, 0.25) is 5.02 Å². The number of rotatable bonds is 4. The van der Waals surface area contributed by atoms with Gasteiger partial charge in [-0.3, -0.25) is 14.4 Å². The first-order valence-corrected chi connectivity index (χ1v) is 10.2. The van der Waals surface area contributed by atoms with E-state index in [4.69, 9.17) is 11.6 Å². The fourth-order valence-electron chi connectivity index (χ4n) is 3.77. The summed E-state index contributed by atoms with van der Waals surface area (Å²) in [6.45, 7) is 0.598. The van der Waals surface area contributed by atoms with Crippen LogP contribution in [0.5, 0.6) is 0 Å². The zero-order valence-corrected chi connectivity index (χ0v) is 17.0. The molecule has 1 atom stereocenters. The van der Waals surface area contributed by atoms with E-state index in [9.17, 15) is 14.4 Å². The Morgan fingerprint density at radius 3 is 2.83 bits per heavy atom. The second-order valence-electron chi connectivity index (χ2n) is 7.49. The van der Waals surface area contributed by atoms with Crippen molar-refractivity contribution in [3.8, 4) is 0 Å². The van der Waals surface area contributed by atoms with Gasteiger partial charge in [0.1, 0.15) is 11.5 Å². The molecule has 2 aliphatic heterocycles. The molecule has 3 heterocycles. The van der Waals surface area contributed by atoms with E-state index in [1.54, 1.807) is 24.4 Å². The molecule has 0 saturated carbocycles. The zero-order valence-electron chi connectivity index (χ0n) is 16.3. The van der Waals surface area contributed by atoms with Gasteiger partial charge < -0.3 is 20.9 Å². The van der Waals surface area contributed by atoms with E-state index >= 15 is 0 Å². The molecule has 0 aliphatic carbocycles. The standard InChI is InChI=1S/C21H22ClN5O3/c22-16-6-2-1-4-14(16)12-24-17(28)13-27-11-9-21(8-7-18(27)29)25-19-15(20(30)26-21)5-3-10-23-19/h1-6,10H,7-9,11-13H2,(H,23,25)(H,24,28)(H,26,30). The molecule has 30 heavy (non-hydrogen) atoms. The highest BCUT2D eigenvalue weighted by Gasteiger charge is 2.41. The van der Waals surface area contributed by atoms with Crippen LogP contribution in [-0.4, -0.2) is 46.4 Å². The van der Waals surface area contributed by atoms with E-state index in [-0.39, 0.29) is 30.7 Å². The first-order valence-electron chi connectivity index (χ1n) is 9.79. The summed E-state index contributed by atoms with van der Waals surface area (Å²) < 4.78 is 0. The van der Waals surface area contributed by atoms with Crippen molar-refractivity contribution < 1.29 is 14.4 Å². The van der Waals surface area contributed by atoms with Crippen molar-refractivity contribution in [1.29, 1.82) is 0 Å². The third kappa shape index (κ3) is 4.23. The van der Waals surface area contributed by atoms with Crippen molar-refractivity contribution in [2.24, 2.45) is 0 Å². The van der Waals surface area contributed by atoms with Crippen LogP contribution >= 0.6 is 11.6 Å². The minimum atomic E-state index is -0.753. The van der Waals surface area contributed by atoms with Crippen LogP contribution in [0.3, 0.4) is 0 Å². The number of hydrogen-bond acceptors (Lipinski definition) is 5. The van der Waals surface area contributed by atoms with Crippen molar-refractivity contribution in [2.75, 3.05) is 18.4 Å². The lowest BCUT2D eigenvalue weighted by Crippen LogP contribution is -2.58. The molecule has 1 spiro atoms. The van der Waals surface area contributed by atoms with Crippen molar-refractivity contribution in [3.63, 3.8) is 0 Å². The van der Waals surface area contributed by atoms with Crippen molar-refractivity contribution >= 4 is 35.1 Å². The van der Waals surface area contributed by atoms with Gasteiger partial charge in [-0.15, -0.1) is 0 Å². The maximum absolute atomic E-state index is 12.6. The predicted octanol–water partition coefficient (Wildman–Crippen LogP) is 1.92. The minimum Gasteiger partial charge on any atom is -0.350 e. The molecule has 8 nitrogen and oxygen atoms in total. The lowest BCUT2D eigenvalue weighted by molar-refractivity contribution is -0.135. The van der Waals surface area contributed by atoms with Crippen molar-refractivity contribution in [1.82, 2.24) is 20.5 Å². The molecule has 156 valence electrons. The number of pyridine rings is 1. The fourth-order valence-corrected chi connectivity index (χ4v) is 3.97. The number of likely N-dealkylation sites (tertiary alicyclic amines) is 1. The molecular weight excluding hydrogens is 406 g/mol. The normalized spacial score (nSPS) is 20.8. The number of fused-ring (bicyclic) bond motifs is 1. The smallest absolute Gasteiger partial charge is 0.256 e. The molecule has 1 aromatic heterocycles. The van der Waals surface area contributed by atoms with Crippen molar-refractivity contribution in [2.45, 2.75) is 31.5 Å². The third-order valence-electron chi connectivity index (χ3n) is 5.46. The Bertz CT molecular complexity index is 998. The molecule has 1 unspecified atom stereocenters. The van der Waals surface area contributed by atoms with Gasteiger partial charge in [0, 0.05) is 37.2 Å². The fraction of sp³-hybridized carbons (Fsp3) is 0.333. The van der Waals surface area contributed by atoms with Crippen LogP contribution in [-0.2, 0) is 16.1 Å². The summed E-state index contributed by atoms with van der Waals surface area (Å²) in [4.78, 5) is 43.3. The first-order chi connectivity index (χ1) is 14.5. The van der Waals surface area contributed by atoms with E-state index in [0.717, 1.165) is 5.56 Å². The molecular formula is C21H22ClN5O3. The van der Waals surface area contributed by atoms with Crippen LogP contribution in [0.25, 0.3) is 0 Å². The molecule has 3 amide bonds. The number of carbonyl (C=O) groups is 3. The van der Waals surface area contributed by atoms with Crippen LogP contribution in [0, 0.1) is 0 Å². The van der Waals surface area contributed by atoms with E-state index in [2.05, 4.69) is 20.9 Å². The second-order valence-corrected chi connectivity index (χ2v) is 7.90.